The Morgan fingerprint density at radius 2 is 1.81 bits per heavy atom. The van der Waals surface area contributed by atoms with E-state index >= 15 is 0 Å². The zero-order valence-corrected chi connectivity index (χ0v) is 11.1. The summed E-state index contributed by atoms with van der Waals surface area (Å²) in [5.41, 5.74) is 7.20. The molecule has 0 radical (unpaired) electrons. The van der Waals surface area contributed by atoms with Crippen molar-refractivity contribution in [2.45, 2.75) is 19.3 Å². The summed E-state index contributed by atoms with van der Waals surface area (Å²) in [6, 6.07) is 8.87. The van der Waals surface area contributed by atoms with E-state index in [-0.39, 0.29) is 11.3 Å². The second-order valence-corrected chi connectivity index (χ2v) is 4.62. The number of hydrogen-bond donors (Lipinski definition) is 1. The van der Waals surface area contributed by atoms with E-state index in [0.29, 0.717) is 5.56 Å². The quantitative estimate of drug-likeness (QED) is 0.867. The summed E-state index contributed by atoms with van der Waals surface area (Å²) in [6.45, 7) is 1.73. The lowest BCUT2D eigenvalue weighted by Gasteiger charge is -2.16. The molecule has 2 aromatic rings. The Hall–Kier alpha value is -2.08. The van der Waals surface area contributed by atoms with Crippen LogP contribution in [-0.2, 0) is 0 Å². The number of ether oxygens (including phenoxy) is 1. The summed E-state index contributed by atoms with van der Waals surface area (Å²) in [6.07, 6.45) is -4.78. The van der Waals surface area contributed by atoms with Crippen LogP contribution in [0, 0.1) is 12.7 Å². The molecule has 2 rings (SSSR count). The van der Waals surface area contributed by atoms with Gasteiger partial charge in [-0.1, -0.05) is 24.3 Å². The Labute approximate surface area is 119 Å². The van der Waals surface area contributed by atoms with E-state index in [2.05, 4.69) is 4.74 Å². The molecule has 0 spiro atoms. The first kappa shape index (κ1) is 15.3. The lowest BCUT2D eigenvalue weighted by atomic mass is 9.98. The minimum absolute atomic E-state index is 0.213. The van der Waals surface area contributed by atoms with Crippen LogP contribution in [-0.4, -0.2) is 6.36 Å². The maximum absolute atomic E-state index is 13.9. The molecule has 2 nitrogen and oxygen atoms in total. The third-order valence-electron chi connectivity index (χ3n) is 2.94. The summed E-state index contributed by atoms with van der Waals surface area (Å²) in [5.74, 6) is -0.882. The Morgan fingerprint density at radius 1 is 1.10 bits per heavy atom. The highest BCUT2D eigenvalue weighted by Gasteiger charge is 2.31. The van der Waals surface area contributed by atoms with Crippen molar-refractivity contribution in [3.63, 3.8) is 0 Å². The fourth-order valence-corrected chi connectivity index (χ4v) is 1.97. The number of hydrogen-bond acceptors (Lipinski definition) is 2. The average molecular weight is 299 g/mol. The predicted octanol–water partition coefficient (Wildman–Crippen LogP) is 4.08. The van der Waals surface area contributed by atoms with E-state index < -0.39 is 18.2 Å². The molecule has 0 aliphatic carbocycles. The van der Waals surface area contributed by atoms with E-state index in [1.165, 1.54) is 24.3 Å². The summed E-state index contributed by atoms with van der Waals surface area (Å²) >= 11 is 0. The molecule has 0 aliphatic rings. The van der Waals surface area contributed by atoms with E-state index in [4.69, 9.17) is 5.73 Å². The summed E-state index contributed by atoms with van der Waals surface area (Å²) in [5, 5.41) is 0. The van der Waals surface area contributed by atoms with Crippen LogP contribution < -0.4 is 10.5 Å². The molecular weight excluding hydrogens is 286 g/mol. The number of alkyl halides is 3. The van der Waals surface area contributed by atoms with Crippen LogP contribution in [0.4, 0.5) is 17.6 Å². The highest BCUT2D eigenvalue weighted by Crippen LogP contribution is 2.28. The highest BCUT2D eigenvalue weighted by molar-refractivity contribution is 5.37. The molecule has 112 valence electrons. The monoisotopic (exact) mass is 299 g/mol. The Balaban J connectivity index is 2.31. The van der Waals surface area contributed by atoms with Crippen molar-refractivity contribution in [3.05, 3.63) is 65.0 Å². The fourth-order valence-electron chi connectivity index (χ4n) is 1.97. The largest absolute Gasteiger partial charge is 0.573 e. The van der Waals surface area contributed by atoms with Crippen molar-refractivity contribution >= 4 is 0 Å². The number of rotatable bonds is 3. The topological polar surface area (TPSA) is 35.2 Å². The third kappa shape index (κ3) is 3.95. The van der Waals surface area contributed by atoms with Crippen LogP contribution >= 0.6 is 0 Å². The second kappa shape index (κ2) is 5.73. The van der Waals surface area contributed by atoms with Gasteiger partial charge in [-0.15, -0.1) is 13.2 Å². The molecular formula is C15H13F4NO. The summed E-state index contributed by atoms with van der Waals surface area (Å²) in [4.78, 5) is 0. The van der Waals surface area contributed by atoms with Gasteiger partial charge in [0.15, 0.2) is 0 Å². The minimum Gasteiger partial charge on any atom is -0.406 e. The van der Waals surface area contributed by atoms with E-state index in [0.717, 1.165) is 17.7 Å². The first-order valence-corrected chi connectivity index (χ1v) is 6.13. The molecule has 2 aromatic carbocycles. The van der Waals surface area contributed by atoms with Gasteiger partial charge < -0.3 is 10.5 Å². The molecule has 0 amide bonds. The molecule has 1 unspecified atom stereocenters. The zero-order valence-electron chi connectivity index (χ0n) is 11.1. The number of nitrogens with two attached hydrogens (primary N) is 1. The molecule has 6 heteroatoms. The summed E-state index contributed by atoms with van der Waals surface area (Å²) in [7, 11) is 0. The highest BCUT2D eigenvalue weighted by atomic mass is 19.4. The van der Waals surface area contributed by atoms with Crippen molar-refractivity contribution in [3.8, 4) is 5.75 Å². The van der Waals surface area contributed by atoms with Crippen molar-refractivity contribution in [1.29, 1.82) is 0 Å². The molecule has 0 heterocycles. The van der Waals surface area contributed by atoms with Crippen molar-refractivity contribution in [2.75, 3.05) is 0 Å². The lowest BCUT2D eigenvalue weighted by molar-refractivity contribution is -0.274. The molecule has 0 aliphatic heterocycles. The zero-order chi connectivity index (χ0) is 15.6. The third-order valence-corrected chi connectivity index (χ3v) is 2.94. The number of aryl methyl sites for hydroxylation is 1. The van der Waals surface area contributed by atoms with Gasteiger partial charge in [0.05, 0.1) is 6.04 Å². The van der Waals surface area contributed by atoms with Gasteiger partial charge in [-0.3, -0.25) is 0 Å². The molecule has 2 N–H and O–H groups in total. The van der Waals surface area contributed by atoms with Gasteiger partial charge in [0.2, 0.25) is 0 Å². The van der Waals surface area contributed by atoms with Crippen LogP contribution in [0.5, 0.6) is 5.75 Å². The number of benzene rings is 2. The Bertz CT molecular complexity index is 640. The molecule has 0 aromatic heterocycles. The van der Waals surface area contributed by atoms with Gasteiger partial charge in [0.1, 0.15) is 11.6 Å². The number of halogens is 4. The van der Waals surface area contributed by atoms with E-state index in [1.807, 2.05) is 0 Å². The maximum atomic E-state index is 13.9. The van der Waals surface area contributed by atoms with Crippen molar-refractivity contribution < 1.29 is 22.3 Å². The summed E-state index contributed by atoms with van der Waals surface area (Å²) < 4.78 is 54.3. The SMILES string of the molecule is Cc1ccc(C(N)c2cccc(OC(F)(F)F)c2)c(F)c1. The molecule has 21 heavy (non-hydrogen) atoms. The van der Waals surface area contributed by atoms with Crippen LogP contribution in [0.2, 0.25) is 0 Å². The lowest BCUT2D eigenvalue weighted by Crippen LogP contribution is -2.18. The first-order chi connectivity index (χ1) is 9.76. The molecule has 1 atom stereocenters. The first-order valence-electron chi connectivity index (χ1n) is 6.13. The van der Waals surface area contributed by atoms with Gasteiger partial charge in [0.25, 0.3) is 0 Å². The van der Waals surface area contributed by atoms with Gasteiger partial charge >= 0.3 is 6.36 Å². The molecule has 0 saturated carbocycles. The minimum atomic E-state index is -4.78. The Kier molecular flexibility index (Phi) is 4.18. The van der Waals surface area contributed by atoms with E-state index in [1.54, 1.807) is 13.0 Å². The standard InChI is InChI=1S/C15H13F4NO/c1-9-5-6-12(13(16)7-9)14(20)10-3-2-4-11(8-10)21-15(17,18)19/h2-8,14H,20H2,1H3. The van der Waals surface area contributed by atoms with Gasteiger partial charge in [-0.05, 0) is 36.2 Å². The normalized spacial score (nSPS) is 13.0. The second-order valence-electron chi connectivity index (χ2n) is 4.62. The molecule has 0 bridgehead atoms. The van der Waals surface area contributed by atoms with Crippen molar-refractivity contribution in [2.24, 2.45) is 5.73 Å². The predicted molar refractivity (Wildman–Crippen MR) is 70.3 cm³/mol. The molecule has 0 fully saturated rings. The van der Waals surface area contributed by atoms with Gasteiger partial charge in [-0.2, -0.15) is 0 Å². The van der Waals surface area contributed by atoms with Crippen LogP contribution in [0.25, 0.3) is 0 Å². The maximum Gasteiger partial charge on any atom is 0.573 e. The average Bonchev–Trinajstić information content (AvgIpc) is 2.36. The molecule has 0 saturated heterocycles. The fraction of sp³-hybridized carbons (Fsp3) is 0.200. The Morgan fingerprint density at radius 3 is 2.43 bits per heavy atom. The van der Waals surface area contributed by atoms with Gasteiger partial charge in [-0.25, -0.2) is 4.39 Å². The van der Waals surface area contributed by atoms with Crippen LogP contribution in [0.3, 0.4) is 0 Å². The van der Waals surface area contributed by atoms with Crippen LogP contribution in [0.1, 0.15) is 22.7 Å². The smallest absolute Gasteiger partial charge is 0.406 e. The van der Waals surface area contributed by atoms with E-state index in [9.17, 15) is 17.6 Å². The van der Waals surface area contributed by atoms with Crippen LogP contribution in [0.15, 0.2) is 42.5 Å². The van der Waals surface area contributed by atoms with Crippen molar-refractivity contribution in [1.82, 2.24) is 0 Å². The van der Waals surface area contributed by atoms with Gasteiger partial charge in [0, 0.05) is 5.56 Å².